The van der Waals surface area contributed by atoms with Gasteiger partial charge in [-0.2, -0.15) is 0 Å². The third-order valence-corrected chi connectivity index (χ3v) is 10.4. The fourth-order valence-electron chi connectivity index (χ4n) is 8.07. The zero-order chi connectivity index (χ0) is 33.7. The van der Waals surface area contributed by atoms with Gasteiger partial charge in [-0.1, -0.05) is 170 Å². The second kappa shape index (κ2) is 12.0. The molecule has 0 saturated carbocycles. The van der Waals surface area contributed by atoms with Crippen molar-refractivity contribution >= 4 is 61.0 Å². The van der Waals surface area contributed by atoms with Gasteiger partial charge >= 0.3 is 0 Å². The molecular weight excluding hydrogens is 615 g/mol. The molecule has 0 saturated heterocycles. The lowest BCUT2D eigenvalue weighted by atomic mass is 9.87. The topological polar surface area (TPSA) is 3.24 Å². The van der Waals surface area contributed by atoms with Gasteiger partial charge in [-0.25, -0.2) is 0 Å². The van der Waals surface area contributed by atoms with Crippen LogP contribution in [0.15, 0.2) is 194 Å². The Labute approximate surface area is 298 Å². The molecule has 0 spiro atoms. The van der Waals surface area contributed by atoms with Crippen molar-refractivity contribution in [3.8, 4) is 22.3 Å². The molecule has 0 heterocycles. The molecule has 0 unspecified atom stereocenters. The van der Waals surface area contributed by atoms with Gasteiger partial charge in [0, 0.05) is 22.1 Å². The Bertz CT molecular complexity index is 2610. The standard InChI is InChI=1S/C50H33N/c1-3-13-34(14-4-1)36-25-29-40(30-26-36)51(41-31-27-37(28-32-41)35-15-5-2-6-16-35)50-45-22-9-7-20-42(45)49(43-21-8-10-23-46(43)50)47-33-39-19-11-17-38-18-12-24-44(47)48(38)39/h1-33H. The van der Waals surface area contributed by atoms with E-state index in [2.05, 4.69) is 205 Å². The van der Waals surface area contributed by atoms with Crippen molar-refractivity contribution in [2.75, 3.05) is 4.90 Å². The first kappa shape index (κ1) is 29.2. The van der Waals surface area contributed by atoms with Crippen LogP contribution in [0.5, 0.6) is 0 Å². The normalized spacial score (nSPS) is 12.0. The highest BCUT2D eigenvalue weighted by Crippen LogP contribution is 2.50. The maximum Gasteiger partial charge on any atom is 0.0618 e. The van der Waals surface area contributed by atoms with Crippen LogP contribution >= 0.6 is 0 Å². The monoisotopic (exact) mass is 647 g/mol. The summed E-state index contributed by atoms with van der Waals surface area (Å²) in [4.78, 5) is 2.45. The minimum absolute atomic E-state index is 1.11. The quantitative estimate of drug-likeness (QED) is 0.162. The molecular formula is C50H33N. The lowest BCUT2D eigenvalue weighted by molar-refractivity contribution is 1.31. The number of benzene rings is 9. The van der Waals surface area contributed by atoms with Crippen molar-refractivity contribution in [1.82, 2.24) is 0 Å². The largest absolute Gasteiger partial charge is 0.309 e. The maximum atomic E-state index is 2.45. The third-order valence-electron chi connectivity index (χ3n) is 10.4. The van der Waals surface area contributed by atoms with Gasteiger partial charge in [-0.05, 0) is 96.4 Å². The van der Waals surface area contributed by atoms with Gasteiger partial charge in [-0.15, -0.1) is 0 Å². The summed E-state index contributed by atoms with van der Waals surface area (Å²) in [5.74, 6) is 0. The van der Waals surface area contributed by atoms with Crippen LogP contribution in [0.2, 0.25) is 0 Å². The van der Waals surface area contributed by atoms with Gasteiger partial charge in [0.2, 0.25) is 0 Å². The van der Waals surface area contributed by atoms with Crippen molar-refractivity contribution in [2.45, 2.75) is 0 Å². The summed E-state index contributed by atoms with van der Waals surface area (Å²) in [5.41, 5.74) is 13.4. The Balaban J connectivity index is 1.23. The molecule has 0 radical (unpaired) electrons. The predicted octanol–water partition coefficient (Wildman–Crippen LogP) is 13.9. The van der Waals surface area contributed by atoms with E-state index in [1.54, 1.807) is 0 Å². The van der Waals surface area contributed by atoms with Crippen LogP contribution in [-0.2, 0) is 0 Å². The number of hydrogen-bond acceptors (Lipinski definition) is 1. The van der Waals surface area contributed by atoms with E-state index in [0.717, 1.165) is 11.4 Å². The van der Waals surface area contributed by atoms with Crippen molar-refractivity contribution in [3.05, 3.63) is 211 Å². The maximum absolute atomic E-state index is 2.45. The fourth-order valence-corrected chi connectivity index (χ4v) is 8.07. The van der Waals surface area contributed by atoms with Gasteiger partial charge in [0.15, 0.2) is 0 Å². The lowest BCUT2D eigenvalue weighted by Gasteiger charge is -2.30. The van der Waals surface area contributed by atoms with Crippen LogP contribution in [0, 0.1) is 0 Å². The summed E-state index contributed by atoms with van der Waals surface area (Å²) in [7, 11) is 0. The highest BCUT2D eigenvalue weighted by Gasteiger charge is 2.26. The summed E-state index contributed by atoms with van der Waals surface area (Å²) in [6.07, 6.45) is 2.40. The van der Waals surface area contributed by atoms with Crippen molar-refractivity contribution in [2.24, 2.45) is 0 Å². The van der Waals surface area contributed by atoms with E-state index < -0.39 is 0 Å². The van der Waals surface area contributed by atoms with Crippen LogP contribution in [0.1, 0.15) is 16.7 Å². The van der Waals surface area contributed by atoms with Gasteiger partial charge in [-0.3, -0.25) is 0 Å². The molecule has 0 fully saturated rings. The van der Waals surface area contributed by atoms with Crippen molar-refractivity contribution < 1.29 is 0 Å². The number of rotatable bonds is 6. The van der Waals surface area contributed by atoms with E-state index in [1.807, 2.05) is 0 Å². The van der Waals surface area contributed by atoms with Crippen LogP contribution in [-0.4, -0.2) is 0 Å². The minimum Gasteiger partial charge on any atom is -0.309 e. The molecule has 0 aliphatic heterocycles. The number of fused-ring (bicyclic) bond motifs is 2. The van der Waals surface area contributed by atoms with Crippen molar-refractivity contribution in [1.29, 1.82) is 0 Å². The summed E-state index contributed by atoms with van der Waals surface area (Å²) >= 11 is 0. The van der Waals surface area contributed by atoms with Crippen LogP contribution in [0.25, 0.3) is 66.2 Å². The third kappa shape index (κ3) is 4.86. The Morgan fingerprint density at radius 2 is 0.784 bits per heavy atom. The Morgan fingerprint density at radius 1 is 0.333 bits per heavy atom. The SMILES string of the molecule is C1=C(c2c3ccccc3c(N(c3ccc(-c4ccccc4)cc3)c3ccc(-c4ccccc4)cc3)c3ccccc23)c2cccc3cccc1c23. The summed E-state index contributed by atoms with van der Waals surface area (Å²) in [6.45, 7) is 0. The van der Waals surface area contributed by atoms with Crippen molar-refractivity contribution in [3.63, 3.8) is 0 Å². The van der Waals surface area contributed by atoms with Gasteiger partial charge < -0.3 is 4.90 Å². The Kier molecular flexibility index (Phi) is 6.89. The Hall–Kier alpha value is -6.70. The van der Waals surface area contributed by atoms with E-state index >= 15 is 0 Å². The second-order valence-electron chi connectivity index (χ2n) is 13.3. The fraction of sp³-hybridized carbons (Fsp3) is 0. The zero-order valence-corrected chi connectivity index (χ0v) is 28.0. The van der Waals surface area contributed by atoms with E-state index in [1.165, 1.54) is 82.5 Å². The lowest BCUT2D eigenvalue weighted by Crippen LogP contribution is -2.12. The van der Waals surface area contributed by atoms with Gasteiger partial charge in [0.1, 0.15) is 0 Å². The molecule has 1 aliphatic carbocycles. The highest BCUT2D eigenvalue weighted by atomic mass is 15.1. The molecule has 0 amide bonds. The molecule has 0 N–H and O–H groups in total. The van der Waals surface area contributed by atoms with E-state index in [-0.39, 0.29) is 0 Å². The highest BCUT2D eigenvalue weighted by molar-refractivity contribution is 6.25. The second-order valence-corrected chi connectivity index (χ2v) is 13.3. The molecule has 0 bridgehead atoms. The molecule has 1 heteroatoms. The molecule has 51 heavy (non-hydrogen) atoms. The Morgan fingerprint density at radius 3 is 1.31 bits per heavy atom. The summed E-state index contributed by atoms with van der Waals surface area (Å²) in [5, 5.41) is 7.54. The predicted molar refractivity (Wildman–Crippen MR) is 218 cm³/mol. The first-order valence-corrected chi connectivity index (χ1v) is 17.6. The molecule has 10 rings (SSSR count). The van der Waals surface area contributed by atoms with Gasteiger partial charge in [0.05, 0.1) is 5.69 Å². The van der Waals surface area contributed by atoms with Crippen LogP contribution < -0.4 is 4.90 Å². The van der Waals surface area contributed by atoms with Gasteiger partial charge in [0.25, 0.3) is 0 Å². The van der Waals surface area contributed by atoms with Crippen LogP contribution in [0.4, 0.5) is 17.1 Å². The molecule has 9 aromatic rings. The first-order chi connectivity index (χ1) is 25.3. The summed E-state index contributed by atoms with van der Waals surface area (Å²) < 4.78 is 0. The molecule has 1 nitrogen and oxygen atoms in total. The van der Waals surface area contributed by atoms with E-state index in [0.29, 0.717) is 0 Å². The molecule has 1 aliphatic rings. The number of nitrogens with zero attached hydrogens (tertiary/aromatic N) is 1. The number of hydrogen-bond donors (Lipinski definition) is 0. The molecule has 0 atom stereocenters. The smallest absolute Gasteiger partial charge is 0.0618 e. The average molecular weight is 648 g/mol. The zero-order valence-electron chi connectivity index (χ0n) is 28.0. The number of anilines is 3. The first-order valence-electron chi connectivity index (χ1n) is 17.6. The van der Waals surface area contributed by atoms with Crippen LogP contribution in [0.3, 0.4) is 0 Å². The molecule has 0 aromatic heterocycles. The summed E-state index contributed by atoms with van der Waals surface area (Å²) in [6, 6.07) is 70.6. The van der Waals surface area contributed by atoms with E-state index in [4.69, 9.17) is 0 Å². The molecule has 238 valence electrons. The molecule has 9 aromatic carbocycles. The average Bonchev–Trinajstić information content (AvgIpc) is 3.58. The minimum atomic E-state index is 1.11. The van der Waals surface area contributed by atoms with E-state index in [9.17, 15) is 0 Å².